The van der Waals surface area contributed by atoms with Gasteiger partial charge in [-0.05, 0) is 12.8 Å². The molecule has 0 aromatic heterocycles. The van der Waals surface area contributed by atoms with E-state index in [-0.39, 0.29) is 6.04 Å². The first kappa shape index (κ1) is 10.4. The molecule has 0 aliphatic carbocycles. The Labute approximate surface area is 77.1 Å². The molecule has 1 rings (SSSR count). The number of rotatable bonds is 2. The van der Waals surface area contributed by atoms with Crippen LogP contribution in [0.2, 0.25) is 0 Å². The van der Waals surface area contributed by atoms with E-state index in [0.29, 0.717) is 13.1 Å². The zero-order valence-electron chi connectivity index (χ0n) is 7.52. The largest absolute Gasteiger partial charge is 0.393 e. The van der Waals surface area contributed by atoms with E-state index in [1.54, 1.807) is 4.90 Å². The first-order valence-corrected chi connectivity index (χ1v) is 4.48. The second-order valence-corrected chi connectivity index (χ2v) is 3.36. The minimum atomic E-state index is -1.27. The number of likely N-dealkylation sites (tertiary alicyclic amines) is 1. The van der Waals surface area contributed by atoms with Crippen molar-refractivity contribution in [1.29, 1.82) is 0 Å². The smallest absolute Gasteiger partial charge is 0.253 e. The monoisotopic (exact) mass is 188 g/mol. The molecular formula is C8H16N2O3. The van der Waals surface area contributed by atoms with Crippen LogP contribution in [0, 0.1) is 0 Å². The molecule has 0 spiro atoms. The number of piperidine rings is 1. The molecule has 0 bridgehead atoms. The van der Waals surface area contributed by atoms with Crippen LogP contribution in [0.3, 0.4) is 0 Å². The summed E-state index contributed by atoms with van der Waals surface area (Å²) >= 11 is 0. The highest BCUT2D eigenvalue weighted by Gasteiger charge is 2.24. The van der Waals surface area contributed by atoms with Crippen molar-refractivity contribution in [3.05, 3.63) is 0 Å². The maximum atomic E-state index is 11.3. The molecule has 76 valence electrons. The van der Waals surface area contributed by atoms with Crippen molar-refractivity contribution in [1.82, 2.24) is 4.90 Å². The maximum Gasteiger partial charge on any atom is 0.253 e. The third kappa shape index (κ3) is 2.65. The third-order valence-corrected chi connectivity index (χ3v) is 2.31. The van der Waals surface area contributed by atoms with Crippen molar-refractivity contribution in [3.63, 3.8) is 0 Å². The normalized spacial score (nSPS) is 21.6. The van der Waals surface area contributed by atoms with Crippen molar-refractivity contribution >= 4 is 5.91 Å². The average molecular weight is 188 g/mol. The van der Waals surface area contributed by atoms with Crippen LogP contribution in [0.5, 0.6) is 0 Å². The number of carbonyl (C=O) groups is 1. The average Bonchev–Trinajstić information content (AvgIpc) is 2.17. The Hall–Kier alpha value is -0.650. The van der Waals surface area contributed by atoms with Crippen LogP contribution in [-0.2, 0) is 4.79 Å². The molecule has 13 heavy (non-hydrogen) atoms. The van der Waals surface area contributed by atoms with Crippen molar-refractivity contribution in [2.45, 2.75) is 25.0 Å². The number of nitrogens with zero attached hydrogens (tertiary/aromatic N) is 1. The summed E-state index contributed by atoms with van der Waals surface area (Å²) in [5.74, 6) is -0.394. The lowest BCUT2D eigenvalue weighted by molar-refractivity contribution is -0.143. The number of aliphatic hydroxyl groups is 2. The Bertz CT molecular complexity index is 178. The van der Waals surface area contributed by atoms with E-state index in [0.717, 1.165) is 12.8 Å². The number of hydrogen-bond donors (Lipinski definition) is 3. The van der Waals surface area contributed by atoms with E-state index in [2.05, 4.69) is 0 Å². The molecule has 5 nitrogen and oxygen atoms in total. The van der Waals surface area contributed by atoms with Gasteiger partial charge in [0.05, 0.1) is 6.61 Å². The van der Waals surface area contributed by atoms with Gasteiger partial charge in [0, 0.05) is 19.1 Å². The number of amides is 1. The Balaban J connectivity index is 2.40. The molecule has 1 aliphatic heterocycles. The summed E-state index contributed by atoms with van der Waals surface area (Å²) in [4.78, 5) is 12.9. The van der Waals surface area contributed by atoms with Gasteiger partial charge in [0.1, 0.15) is 0 Å². The summed E-state index contributed by atoms with van der Waals surface area (Å²) < 4.78 is 0. The molecule has 0 aromatic rings. The molecule has 5 heteroatoms. The van der Waals surface area contributed by atoms with Crippen molar-refractivity contribution in [3.8, 4) is 0 Å². The van der Waals surface area contributed by atoms with Crippen LogP contribution in [0.1, 0.15) is 12.8 Å². The van der Waals surface area contributed by atoms with Gasteiger partial charge in [0.15, 0.2) is 6.10 Å². The van der Waals surface area contributed by atoms with Crippen LogP contribution < -0.4 is 5.73 Å². The van der Waals surface area contributed by atoms with E-state index in [1.807, 2.05) is 0 Å². The molecular weight excluding hydrogens is 172 g/mol. The van der Waals surface area contributed by atoms with Crippen LogP contribution in [-0.4, -0.2) is 52.9 Å². The zero-order chi connectivity index (χ0) is 9.84. The Morgan fingerprint density at radius 1 is 1.54 bits per heavy atom. The van der Waals surface area contributed by atoms with Gasteiger partial charge in [0.2, 0.25) is 0 Å². The van der Waals surface area contributed by atoms with Crippen molar-refractivity contribution < 1.29 is 15.0 Å². The lowest BCUT2D eigenvalue weighted by Gasteiger charge is -2.31. The van der Waals surface area contributed by atoms with Crippen molar-refractivity contribution in [2.75, 3.05) is 19.7 Å². The van der Waals surface area contributed by atoms with E-state index in [1.165, 1.54) is 0 Å². The maximum absolute atomic E-state index is 11.3. The second-order valence-electron chi connectivity index (χ2n) is 3.36. The summed E-state index contributed by atoms with van der Waals surface area (Å²) in [5, 5.41) is 17.6. The van der Waals surface area contributed by atoms with Gasteiger partial charge in [0.25, 0.3) is 5.91 Å². The fraction of sp³-hybridized carbons (Fsp3) is 0.875. The molecule has 1 saturated heterocycles. The molecule has 1 heterocycles. The van der Waals surface area contributed by atoms with E-state index in [9.17, 15) is 4.79 Å². The summed E-state index contributed by atoms with van der Waals surface area (Å²) in [5.41, 5.74) is 5.66. The number of aliphatic hydroxyl groups excluding tert-OH is 2. The van der Waals surface area contributed by atoms with Gasteiger partial charge in [-0.25, -0.2) is 0 Å². The standard InChI is InChI=1S/C8H16N2O3/c9-6-1-3-10(4-2-6)8(13)7(12)5-11/h6-7,11-12H,1-5,9H2/t7-/m0/s1. The van der Waals surface area contributed by atoms with Gasteiger partial charge < -0.3 is 20.8 Å². The Morgan fingerprint density at radius 3 is 2.54 bits per heavy atom. The highest BCUT2D eigenvalue weighted by molar-refractivity contribution is 5.80. The molecule has 0 saturated carbocycles. The zero-order valence-corrected chi connectivity index (χ0v) is 7.52. The minimum absolute atomic E-state index is 0.162. The van der Waals surface area contributed by atoms with E-state index < -0.39 is 18.6 Å². The minimum Gasteiger partial charge on any atom is -0.393 e. The first-order chi connectivity index (χ1) is 6.15. The fourth-order valence-electron chi connectivity index (χ4n) is 1.41. The Kier molecular flexibility index (Phi) is 3.65. The second kappa shape index (κ2) is 4.55. The topological polar surface area (TPSA) is 86.8 Å². The number of carbonyl (C=O) groups excluding carboxylic acids is 1. The number of hydrogen-bond acceptors (Lipinski definition) is 4. The molecule has 0 unspecified atom stereocenters. The summed E-state index contributed by atoms with van der Waals surface area (Å²) in [6.07, 6.45) is 0.266. The summed E-state index contributed by atoms with van der Waals surface area (Å²) in [6.45, 7) is 0.648. The summed E-state index contributed by atoms with van der Waals surface area (Å²) in [6, 6.07) is 0.162. The predicted octanol–water partition coefficient (Wildman–Crippen LogP) is -1.71. The highest BCUT2D eigenvalue weighted by atomic mass is 16.3. The SMILES string of the molecule is NC1CCN(C(=O)[C@@H](O)CO)CC1. The quantitative estimate of drug-likeness (QED) is 0.481. The lowest BCUT2D eigenvalue weighted by atomic mass is 10.1. The predicted molar refractivity (Wildman–Crippen MR) is 46.9 cm³/mol. The lowest BCUT2D eigenvalue weighted by Crippen LogP contribution is -2.47. The molecule has 0 aromatic carbocycles. The first-order valence-electron chi connectivity index (χ1n) is 4.48. The Morgan fingerprint density at radius 2 is 2.08 bits per heavy atom. The van der Waals surface area contributed by atoms with Crippen LogP contribution >= 0.6 is 0 Å². The van der Waals surface area contributed by atoms with Crippen LogP contribution in [0.25, 0.3) is 0 Å². The van der Waals surface area contributed by atoms with E-state index in [4.69, 9.17) is 15.9 Å². The van der Waals surface area contributed by atoms with E-state index >= 15 is 0 Å². The number of nitrogens with two attached hydrogens (primary N) is 1. The molecule has 0 radical (unpaired) electrons. The summed E-state index contributed by atoms with van der Waals surface area (Å²) in [7, 11) is 0. The molecule has 4 N–H and O–H groups in total. The van der Waals surface area contributed by atoms with Gasteiger partial charge in [-0.15, -0.1) is 0 Å². The molecule has 1 amide bonds. The molecule has 1 fully saturated rings. The third-order valence-electron chi connectivity index (χ3n) is 2.31. The van der Waals surface area contributed by atoms with Gasteiger partial charge in [-0.1, -0.05) is 0 Å². The van der Waals surface area contributed by atoms with Crippen LogP contribution in [0.4, 0.5) is 0 Å². The van der Waals surface area contributed by atoms with Gasteiger partial charge in [-0.3, -0.25) is 4.79 Å². The molecule has 1 aliphatic rings. The fourth-order valence-corrected chi connectivity index (χ4v) is 1.41. The van der Waals surface area contributed by atoms with Crippen LogP contribution in [0.15, 0.2) is 0 Å². The van der Waals surface area contributed by atoms with Crippen molar-refractivity contribution in [2.24, 2.45) is 5.73 Å². The molecule has 1 atom stereocenters. The van der Waals surface area contributed by atoms with Gasteiger partial charge >= 0.3 is 0 Å². The highest BCUT2D eigenvalue weighted by Crippen LogP contribution is 2.09. The van der Waals surface area contributed by atoms with Gasteiger partial charge in [-0.2, -0.15) is 0 Å².